The topological polar surface area (TPSA) is 94.9 Å². The Bertz CT molecular complexity index is 842. The van der Waals surface area contributed by atoms with E-state index in [0.29, 0.717) is 13.1 Å². The van der Waals surface area contributed by atoms with Crippen LogP contribution in [0.4, 0.5) is 0 Å². The lowest BCUT2D eigenvalue weighted by Crippen LogP contribution is -2.51. The summed E-state index contributed by atoms with van der Waals surface area (Å²) in [6, 6.07) is 11.4. The van der Waals surface area contributed by atoms with E-state index in [4.69, 9.17) is 4.42 Å². The average Bonchev–Trinajstić information content (AvgIpc) is 3.27. The Labute approximate surface area is 169 Å². The average molecular weight is 398 g/mol. The normalized spacial score (nSPS) is 14.4. The van der Waals surface area contributed by atoms with Gasteiger partial charge in [0, 0.05) is 32.7 Å². The highest BCUT2D eigenvalue weighted by molar-refractivity contribution is 5.94. The highest BCUT2D eigenvalue weighted by Gasteiger charge is 2.21. The monoisotopic (exact) mass is 398 g/mol. The molecule has 0 aliphatic carbocycles. The van der Waals surface area contributed by atoms with Crippen molar-refractivity contribution in [1.82, 2.24) is 20.4 Å². The zero-order valence-corrected chi connectivity index (χ0v) is 16.5. The van der Waals surface area contributed by atoms with Crippen LogP contribution >= 0.6 is 0 Å². The van der Waals surface area contributed by atoms with E-state index in [1.807, 2.05) is 12.1 Å². The Morgan fingerprint density at radius 3 is 2.41 bits per heavy atom. The molecule has 0 unspecified atom stereocenters. The van der Waals surface area contributed by atoms with Crippen LogP contribution in [-0.4, -0.2) is 66.8 Å². The van der Waals surface area contributed by atoms with Crippen LogP contribution in [-0.2, 0) is 16.1 Å². The molecule has 29 heavy (non-hydrogen) atoms. The van der Waals surface area contributed by atoms with E-state index < -0.39 is 11.8 Å². The summed E-state index contributed by atoms with van der Waals surface area (Å²) in [5, 5.41) is 5.00. The molecular formula is C21H26N4O4. The molecule has 3 amide bonds. The van der Waals surface area contributed by atoms with Crippen molar-refractivity contribution in [2.75, 3.05) is 39.3 Å². The molecule has 1 fully saturated rings. The lowest BCUT2D eigenvalue weighted by molar-refractivity contribution is -0.134. The molecule has 154 valence electrons. The summed E-state index contributed by atoms with van der Waals surface area (Å²) in [6.07, 6.45) is 1.38. The van der Waals surface area contributed by atoms with Crippen LogP contribution in [0.2, 0.25) is 0 Å². The smallest absolute Gasteiger partial charge is 0.287 e. The number of rotatable bonds is 7. The van der Waals surface area contributed by atoms with Gasteiger partial charge in [0.05, 0.1) is 19.4 Å². The van der Waals surface area contributed by atoms with Crippen molar-refractivity contribution in [3.8, 4) is 0 Å². The number of nitrogens with one attached hydrogen (secondary N) is 2. The van der Waals surface area contributed by atoms with Gasteiger partial charge < -0.3 is 20.0 Å². The summed E-state index contributed by atoms with van der Waals surface area (Å²) in [7, 11) is 0. The number of carbonyl (C=O) groups is 3. The van der Waals surface area contributed by atoms with Gasteiger partial charge in [0.25, 0.3) is 5.91 Å². The second kappa shape index (κ2) is 9.88. The van der Waals surface area contributed by atoms with E-state index >= 15 is 0 Å². The molecular weight excluding hydrogens is 372 g/mol. The van der Waals surface area contributed by atoms with Gasteiger partial charge in [-0.1, -0.05) is 24.3 Å². The Balaban J connectivity index is 1.34. The number of aryl methyl sites for hydroxylation is 1. The van der Waals surface area contributed by atoms with Crippen molar-refractivity contribution in [2.45, 2.75) is 13.5 Å². The molecule has 1 aliphatic heterocycles. The van der Waals surface area contributed by atoms with Gasteiger partial charge >= 0.3 is 0 Å². The van der Waals surface area contributed by atoms with Crippen LogP contribution in [0.5, 0.6) is 0 Å². The SMILES string of the molecule is Cc1ccccc1CN1CCN(C(=O)CNC(=O)CNC(=O)c2ccco2)CC1. The molecule has 0 bridgehead atoms. The molecule has 0 spiro atoms. The largest absolute Gasteiger partial charge is 0.459 e. The maximum atomic E-state index is 12.3. The van der Waals surface area contributed by atoms with Gasteiger partial charge in [-0.25, -0.2) is 0 Å². The van der Waals surface area contributed by atoms with E-state index in [0.717, 1.165) is 19.6 Å². The summed E-state index contributed by atoms with van der Waals surface area (Å²) in [5.41, 5.74) is 2.57. The van der Waals surface area contributed by atoms with Gasteiger partial charge in [-0.15, -0.1) is 0 Å². The second-order valence-corrected chi connectivity index (χ2v) is 7.02. The summed E-state index contributed by atoms with van der Waals surface area (Å²) < 4.78 is 4.95. The number of hydrogen-bond acceptors (Lipinski definition) is 5. The Hall–Kier alpha value is -3.13. The highest BCUT2D eigenvalue weighted by Crippen LogP contribution is 2.12. The zero-order valence-electron chi connectivity index (χ0n) is 16.5. The molecule has 3 rings (SSSR count). The third-order valence-electron chi connectivity index (χ3n) is 4.97. The van der Waals surface area contributed by atoms with Gasteiger partial charge in [0.1, 0.15) is 0 Å². The molecule has 8 heteroatoms. The van der Waals surface area contributed by atoms with Crippen molar-refractivity contribution in [3.63, 3.8) is 0 Å². The van der Waals surface area contributed by atoms with E-state index in [-0.39, 0.29) is 24.8 Å². The quantitative estimate of drug-likeness (QED) is 0.719. The Kier molecular flexibility index (Phi) is 7.02. The maximum Gasteiger partial charge on any atom is 0.287 e. The molecule has 1 aromatic carbocycles. The second-order valence-electron chi connectivity index (χ2n) is 7.02. The van der Waals surface area contributed by atoms with E-state index in [2.05, 4.69) is 34.6 Å². The molecule has 0 atom stereocenters. The molecule has 1 aliphatic rings. The highest BCUT2D eigenvalue weighted by atomic mass is 16.3. The lowest BCUT2D eigenvalue weighted by atomic mass is 10.1. The van der Waals surface area contributed by atoms with Crippen molar-refractivity contribution >= 4 is 17.7 Å². The minimum atomic E-state index is -0.471. The Morgan fingerprint density at radius 1 is 0.966 bits per heavy atom. The zero-order chi connectivity index (χ0) is 20.6. The predicted octanol–water partition coefficient (Wildman–Crippen LogP) is 0.778. The summed E-state index contributed by atoms with van der Waals surface area (Å²) in [5.74, 6) is -0.874. The number of piperazine rings is 1. The third kappa shape index (κ3) is 5.92. The summed E-state index contributed by atoms with van der Waals surface area (Å²) >= 11 is 0. The molecule has 0 saturated carbocycles. The number of carbonyl (C=O) groups excluding carboxylic acids is 3. The first-order valence-corrected chi connectivity index (χ1v) is 9.66. The number of hydrogen-bond donors (Lipinski definition) is 2. The van der Waals surface area contributed by atoms with Gasteiger partial charge in [0.15, 0.2) is 5.76 Å². The molecule has 1 saturated heterocycles. The first-order valence-electron chi connectivity index (χ1n) is 9.66. The van der Waals surface area contributed by atoms with Crippen LogP contribution in [0.3, 0.4) is 0 Å². The molecule has 2 aromatic rings. The number of furan rings is 1. The third-order valence-corrected chi connectivity index (χ3v) is 4.97. The molecule has 2 heterocycles. The van der Waals surface area contributed by atoms with Crippen LogP contribution in [0.25, 0.3) is 0 Å². The minimum Gasteiger partial charge on any atom is -0.459 e. The van der Waals surface area contributed by atoms with Gasteiger partial charge in [-0.05, 0) is 30.2 Å². The molecule has 8 nitrogen and oxygen atoms in total. The number of benzene rings is 1. The van der Waals surface area contributed by atoms with Gasteiger partial charge in [-0.2, -0.15) is 0 Å². The van der Waals surface area contributed by atoms with E-state index in [1.54, 1.807) is 11.0 Å². The number of nitrogens with zero attached hydrogens (tertiary/aromatic N) is 2. The van der Waals surface area contributed by atoms with Crippen LogP contribution in [0, 0.1) is 6.92 Å². The van der Waals surface area contributed by atoms with Crippen LogP contribution < -0.4 is 10.6 Å². The molecule has 0 radical (unpaired) electrons. The summed E-state index contributed by atoms with van der Waals surface area (Å²) in [4.78, 5) is 40.0. The Morgan fingerprint density at radius 2 is 1.72 bits per heavy atom. The number of amides is 3. The maximum absolute atomic E-state index is 12.3. The van der Waals surface area contributed by atoms with Gasteiger partial charge in [0.2, 0.25) is 11.8 Å². The van der Waals surface area contributed by atoms with Crippen molar-refractivity contribution in [3.05, 3.63) is 59.5 Å². The standard InChI is InChI=1S/C21H26N4O4/c1-16-5-2-3-6-17(16)15-24-8-10-25(11-9-24)20(27)14-22-19(26)13-23-21(28)18-7-4-12-29-18/h2-7,12H,8-11,13-15H2,1H3,(H,22,26)(H,23,28). The first-order chi connectivity index (χ1) is 14.0. The first kappa shape index (κ1) is 20.6. The fourth-order valence-corrected chi connectivity index (χ4v) is 3.19. The minimum absolute atomic E-state index is 0.0761. The fraction of sp³-hybridized carbons (Fsp3) is 0.381. The van der Waals surface area contributed by atoms with Gasteiger partial charge in [-0.3, -0.25) is 19.3 Å². The van der Waals surface area contributed by atoms with Crippen molar-refractivity contribution in [1.29, 1.82) is 0 Å². The van der Waals surface area contributed by atoms with Crippen LogP contribution in [0.1, 0.15) is 21.7 Å². The van der Waals surface area contributed by atoms with E-state index in [1.165, 1.54) is 23.5 Å². The van der Waals surface area contributed by atoms with Crippen molar-refractivity contribution in [2.24, 2.45) is 0 Å². The fourth-order valence-electron chi connectivity index (χ4n) is 3.19. The molecule has 1 aromatic heterocycles. The lowest BCUT2D eigenvalue weighted by Gasteiger charge is -2.35. The van der Waals surface area contributed by atoms with E-state index in [9.17, 15) is 14.4 Å². The predicted molar refractivity (Wildman–Crippen MR) is 107 cm³/mol. The molecule has 2 N–H and O–H groups in total. The van der Waals surface area contributed by atoms with Crippen LogP contribution in [0.15, 0.2) is 47.1 Å². The van der Waals surface area contributed by atoms with Crippen molar-refractivity contribution < 1.29 is 18.8 Å². The summed E-state index contributed by atoms with van der Waals surface area (Å²) in [6.45, 7) is 5.56.